The highest BCUT2D eigenvalue weighted by atomic mass is 19.1. The molecule has 1 heterocycles. The molecule has 1 aromatic heterocycles. The molecule has 0 N–H and O–H groups in total. The molecule has 3 heteroatoms. The summed E-state index contributed by atoms with van der Waals surface area (Å²) in [5.41, 5.74) is 2.91. The molecule has 2 nitrogen and oxygen atoms in total. The van der Waals surface area contributed by atoms with E-state index in [9.17, 15) is 4.39 Å². The molecule has 0 saturated carbocycles. The topological polar surface area (TPSA) is 26.0 Å². The molecule has 0 aliphatic carbocycles. The zero-order valence-electron chi connectivity index (χ0n) is 12.8. The van der Waals surface area contributed by atoms with Gasteiger partial charge in [0.25, 0.3) is 0 Å². The Bertz CT molecular complexity index is 905. The van der Waals surface area contributed by atoms with E-state index in [4.69, 9.17) is 4.42 Å². The Balaban J connectivity index is 1.94. The van der Waals surface area contributed by atoms with Crippen molar-refractivity contribution in [2.75, 3.05) is 0 Å². The first kappa shape index (κ1) is 14.4. The van der Waals surface area contributed by atoms with Crippen LogP contribution in [0.3, 0.4) is 0 Å². The van der Waals surface area contributed by atoms with E-state index in [0.717, 1.165) is 11.1 Å². The lowest BCUT2D eigenvalue weighted by atomic mass is 10.1. The molecule has 0 atom stereocenters. The van der Waals surface area contributed by atoms with Gasteiger partial charge in [0, 0.05) is 11.1 Å². The van der Waals surface area contributed by atoms with Gasteiger partial charge in [0.2, 0.25) is 5.89 Å². The molecule has 4 rings (SSSR count). The lowest BCUT2D eigenvalue weighted by Gasteiger charge is -2.00. The standard InChI is InChI=1S/C21H14FNO/c22-18-14-8-7-13-17(18)21-23-19(15-9-3-1-4-10-15)20(24-21)16-11-5-2-6-12-16/h1-14H. The van der Waals surface area contributed by atoms with Crippen molar-refractivity contribution >= 4 is 0 Å². The molecule has 0 spiro atoms. The van der Waals surface area contributed by atoms with Crippen molar-refractivity contribution in [3.8, 4) is 34.0 Å². The van der Waals surface area contributed by atoms with Gasteiger partial charge in [-0.05, 0) is 12.1 Å². The highest BCUT2D eigenvalue weighted by Gasteiger charge is 2.19. The number of oxazole rings is 1. The maximum absolute atomic E-state index is 14.1. The van der Waals surface area contributed by atoms with E-state index in [1.807, 2.05) is 60.7 Å². The van der Waals surface area contributed by atoms with Gasteiger partial charge in [0.1, 0.15) is 11.5 Å². The lowest BCUT2D eigenvalue weighted by molar-refractivity contribution is 0.573. The average molecular weight is 315 g/mol. The number of benzene rings is 3. The van der Waals surface area contributed by atoms with E-state index in [1.54, 1.807) is 18.2 Å². The summed E-state index contributed by atoms with van der Waals surface area (Å²) in [6, 6.07) is 26.0. The molecule has 4 aromatic rings. The molecule has 0 bridgehead atoms. The average Bonchev–Trinajstić information content (AvgIpc) is 3.09. The molecule has 24 heavy (non-hydrogen) atoms. The van der Waals surface area contributed by atoms with Crippen LogP contribution in [0.15, 0.2) is 89.3 Å². The van der Waals surface area contributed by atoms with Gasteiger partial charge in [0.05, 0.1) is 5.56 Å². The monoisotopic (exact) mass is 315 g/mol. The minimum Gasteiger partial charge on any atom is -0.435 e. The Hall–Kier alpha value is -3.20. The van der Waals surface area contributed by atoms with Gasteiger partial charge in [-0.2, -0.15) is 0 Å². The molecule has 0 radical (unpaired) electrons. The van der Waals surface area contributed by atoms with Gasteiger partial charge in [-0.1, -0.05) is 72.8 Å². The van der Waals surface area contributed by atoms with Crippen LogP contribution >= 0.6 is 0 Å². The van der Waals surface area contributed by atoms with Gasteiger partial charge < -0.3 is 4.42 Å². The third kappa shape index (κ3) is 2.61. The Kier molecular flexibility index (Phi) is 3.67. The number of hydrogen-bond donors (Lipinski definition) is 0. The Morgan fingerprint density at radius 2 is 1.25 bits per heavy atom. The van der Waals surface area contributed by atoms with Crippen LogP contribution in [0.5, 0.6) is 0 Å². The first-order valence-electron chi connectivity index (χ1n) is 7.69. The fourth-order valence-corrected chi connectivity index (χ4v) is 2.65. The molecular formula is C21H14FNO. The zero-order chi connectivity index (χ0) is 16.4. The minimum atomic E-state index is -0.349. The van der Waals surface area contributed by atoms with E-state index in [1.165, 1.54) is 6.07 Å². The molecule has 116 valence electrons. The number of nitrogens with zero attached hydrogens (tertiary/aromatic N) is 1. The first-order valence-corrected chi connectivity index (χ1v) is 7.69. The van der Waals surface area contributed by atoms with Gasteiger partial charge in [-0.3, -0.25) is 0 Å². The van der Waals surface area contributed by atoms with Crippen molar-refractivity contribution in [2.24, 2.45) is 0 Å². The second-order valence-electron chi connectivity index (χ2n) is 5.41. The quantitative estimate of drug-likeness (QED) is 0.476. The summed E-state index contributed by atoms with van der Waals surface area (Å²) in [7, 11) is 0. The number of rotatable bonds is 3. The van der Waals surface area contributed by atoms with Gasteiger partial charge >= 0.3 is 0 Å². The summed E-state index contributed by atoms with van der Waals surface area (Å²) in [5, 5.41) is 0. The van der Waals surface area contributed by atoms with Crippen LogP contribution < -0.4 is 0 Å². The van der Waals surface area contributed by atoms with Crippen molar-refractivity contribution < 1.29 is 8.81 Å². The van der Waals surface area contributed by atoms with Crippen molar-refractivity contribution in [2.45, 2.75) is 0 Å². The summed E-state index contributed by atoms with van der Waals surface area (Å²) < 4.78 is 20.1. The first-order chi connectivity index (χ1) is 11.8. The summed E-state index contributed by atoms with van der Waals surface area (Å²) >= 11 is 0. The normalized spacial score (nSPS) is 10.7. The third-order valence-corrected chi connectivity index (χ3v) is 3.81. The van der Waals surface area contributed by atoms with Crippen molar-refractivity contribution in [3.63, 3.8) is 0 Å². The van der Waals surface area contributed by atoms with Crippen LogP contribution in [-0.2, 0) is 0 Å². The molecule has 0 fully saturated rings. The Labute approximate surface area is 139 Å². The van der Waals surface area contributed by atoms with E-state index in [-0.39, 0.29) is 11.7 Å². The number of hydrogen-bond acceptors (Lipinski definition) is 2. The van der Waals surface area contributed by atoms with Crippen LogP contribution in [0.25, 0.3) is 34.0 Å². The summed E-state index contributed by atoms with van der Waals surface area (Å²) in [4.78, 5) is 4.58. The zero-order valence-corrected chi connectivity index (χ0v) is 12.8. The summed E-state index contributed by atoms with van der Waals surface area (Å²) in [6.45, 7) is 0. The van der Waals surface area contributed by atoms with Crippen molar-refractivity contribution in [1.29, 1.82) is 0 Å². The van der Waals surface area contributed by atoms with Gasteiger partial charge in [-0.15, -0.1) is 0 Å². The van der Waals surface area contributed by atoms with Crippen molar-refractivity contribution in [1.82, 2.24) is 4.98 Å². The van der Waals surface area contributed by atoms with Crippen LogP contribution in [0.4, 0.5) is 4.39 Å². The van der Waals surface area contributed by atoms with Crippen LogP contribution in [0.2, 0.25) is 0 Å². The number of aromatic nitrogens is 1. The highest BCUT2D eigenvalue weighted by molar-refractivity contribution is 5.79. The predicted octanol–water partition coefficient (Wildman–Crippen LogP) is 5.81. The minimum absolute atomic E-state index is 0.283. The van der Waals surface area contributed by atoms with Crippen LogP contribution in [0.1, 0.15) is 0 Å². The van der Waals surface area contributed by atoms with Gasteiger partial charge in [0.15, 0.2) is 5.76 Å². The second kappa shape index (κ2) is 6.13. The van der Waals surface area contributed by atoms with E-state index in [0.29, 0.717) is 17.0 Å². The third-order valence-electron chi connectivity index (χ3n) is 3.81. The smallest absolute Gasteiger partial charge is 0.230 e. The Morgan fingerprint density at radius 1 is 0.667 bits per heavy atom. The van der Waals surface area contributed by atoms with Crippen LogP contribution in [-0.4, -0.2) is 4.98 Å². The van der Waals surface area contributed by atoms with E-state index < -0.39 is 0 Å². The van der Waals surface area contributed by atoms with Crippen LogP contribution in [0, 0.1) is 5.82 Å². The molecule has 0 aliphatic rings. The highest BCUT2D eigenvalue weighted by Crippen LogP contribution is 2.36. The maximum atomic E-state index is 14.1. The molecule has 0 aliphatic heterocycles. The molecule has 0 amide bonds. The fraction of sp³-hybridized carbons (Fsp3) is 0. The maximum Gasteiger partial charge on any atom is 0.230 e. The lowest BCUT2D eigenvalue weighted by Crippen LogP contribution is -1.84. The van der Waals surface area contributed by atoms with Gasteiger partial charge in [-0.25, -0.2) is 9.37 Å². The number of halogens is 1. The molecular weight excluding hydrogens is 301 g/mol. The summed E-state index contributed by atoms with van der Waals surface area (Å²) in [6.07, 6.45) is 0. The largest absolute Gasteiger partial charge is 0.435 e. The second-order valence-corrected chi connectivity index (χ2v) is 5.41. The molecule has 0 unspecified atom stereocenters. The SMILES string of the molecule is Fc1ccccc1-c1nc(-c2ccccc2)c(-c2ccccc2)o1. The molecule has 0 saturated heterocycles. The van der Waals surface area contributed by atoms with Crippen molar-refractivity contribution in [3.05, 3.63) is 90.7 Å². The molecule has 3 aromatic carbocycles. The Morgan fingerprint density at radius 3 is 1.92 bits per heavy atom. The predicted molar refractivity (Wildman–Crippen MR) is 92.8 cm³/mol. The van der Waals surface area contributed by atoms with E-state index >= 15 is 0 Å². The van der Waals surface area contributed by atoms with E-state index in [2.05, 4.69) is 4.98 Å². The summed E-state index contributed by atoms with van der Waals surface area (Å²) in [5.74, 6) is 0.573. The fourth-order valence-electron chi connectivity index (χ4n) is 2.65.